The van der Waals surface area contributed by atoms with Crippen LogP contribution >= 0.6 is 12.4 Å². The van der Waals surface area contributed by atoms with E-state index in [1.165, 1.54) is 0 Å². The van der Waals surface area contributed by atoms with Crippen LogP contribution in [-0.4, -0.2) is 42.4 Å². The average molecular weight is 326 g/mol. The van der Waals surface area contributed by atoms with Crippen molar-refractivity contribution < 1.29 is 9.59 Å². The molecule has 0 spiro atoms. The summed E-state index contributed by atoms with van der Waals surface area (Å²) in [6, 6.07) is 6.96. The van der Waals surface area contributed by atoms with Gasteiger partial charge in [0.2, 0.25) is 5.91 Å². The number of nitrogens with one attached hydrogen (secondary N) is 1. The van der Waals surface area contributed by atoms with Crippen molar-refractivity contribution >= 4 is 24.2 Å². The van der Waals surface area contributed by atoms with Gasteiger partial charge in [0.05, 0.1) is 0 Å². The number of halogens is 1. The second-order valence-electron chi connectivity index (χ2n) is 5.42. The molecule has 1 fully saturated rings. The number of nitrogens with zero attached hydrogens (tertiary/aromatic N) is 1. The van der Waals surface area contributed by atoms with Crippen LogP contribution in [-0.2, 0) is 0 Å². The van der Waals surface area contributed by atoms with Gasteiger partial charge in [-0.25, -0.2) is 0 Å². The van der Waals surface area contributed by atoms with E-state index in [1.807, 2.05) is 4.90 Å². The number of carbonyl (C=O) groups excluding carboxylic acids is 2. The van der Waals surface area contributed by atoms with Crippen LogP contribution in [0.15, 0.2) is 24.3 Å². The number of amides is 2. The molecule has 22 heavy (non-hydrogen) atoms. The number of nitrogens with two attached hydrogens (primary N) is 1. The Morgan fingerprint density at radius 1 is 1.27 bits per heavy atom. The van der Waals surface area contributed by atoms with E-state index in [-0.39, 0.29) is 24.4 Å². The van der Waals surface area contributed by atoms with Gasteiger partial charge in [-0.3, -0.25) is 9.59 Å². The minimum atomic E-state index is -0.506. The van der Waals surface area contributed by atoms with Crippen LogP contribution in [0.3, 0.4) is 0 Å². The molecule has 0 atom stereocenters. The van der Waals surface area contributed by atoms with Crippen molar-refractivity contribution in [2.24, 2.45) is 5.73 Å². The topological polar surface area (TPSA) is 75.4 Å². The molecule has 3 N–H and O–H groups in total. The summed E-state index contributed by atoms with van der Waals surface area (Å²) in [4.78, 5) is 26.0. The van der Waals surface area contributed by atoms with Crippen LogP contribution in [0, 0.1) is 0 Å². The lowest BCUT2D eigenvalue weighted by Crippen LogP contribution is -2.46. The fourth-order valence-corrected chi connectivity index (χ4v) is 2.78. The molecular formula is C16H24ClN3O2. The summed E-state index contributed by atoms with van der Waals surface area (Å²) in [6.07, 6.45) is 2.87. The summed E-state index contributed by atoms with van der Waals surface area (Å²) in [5.41, 5.74) is 6.21. The minimum absolute atomic E-state index is 0. The zero-order chi connectivity index (χ0) is 15.2. The van der Waals surface area contributed by atoms with Gasteiger partial charge in [-0.15, -0.1) is 12.4 Å². The first kappa shape index (κ1) is 18.5. The Morgan fingerprint density at radius 3 is 2.50 bits per heavy atom. The monoisotopic (exact) mass is 325 g/mol. The summed E-state index contributed by atoms with van der Waals surface area (Å²) < 4.78 is 0. The Morgan fingerprint density at radius 2 is 1.91 bits per heavy atom. The van der Waals surface area contributed by atoms with Crippen LogP contribution in [0.5, 0.6) is 0 Å². The first-order valence-electron chi connectivity index (χ1n) is 7.55. The maximum Gasteiger partial charge on any atom is 0.254 e. The van der Waals surface area contributed by atoms with E-state index in [0.717, 1.165) is 38.9 Å². The average Bonchev–Trinajstić information content (AvgIpc) is 2.53. The molecule has 1 aliphatic heterocycles. The lowest BCUT2D eigenvalue weighted by Gasteiger charge is -2.34. The highest BCUT2D eigenvalue weighted by atomic mass is 35.5. The van der Waals surface area contributed by atoms with Crippen LogP contribution in [0.2, 0.25) is 0 Å². The van der Waals surface area contributed by atoms with Gasteiger partial charge in [-0.1, -0.05) is 13.0 Å². The van der Waals surface area contributed by atoms with Crippen molar-refractivity contribution in [1.82, 2.24) is 10.2 Å². The molecular weight excluding hydrogens is 302 g/mol. The van der Waals surface area contributed by atoms with Gasteiger partial charge in [0, 0.05) is 23.7 Å². The lowest BCUT2D eigenvalue weighted by atomic mass is 10.0. The fourth-order valence-electron chi connectivity index (χ4n) is 2.78. The second kappa shape index (κ2) is 8.76. The molecule has 1 heterocycles. The molecule has 1 aliphatic rings. The molecule has 0 aliphatic carbocycles. The number of carbonyl (C=O) groups is 2. The SMILES string of the molecule is CCCN(C(=O)c1cccc(C(N)=O)c1)C1CCNCC1.Cl. The van der Waals surface area contributed by atoms with Gasteiger partial charge < -0.3 is 16.0 Å². The fraction of sp³-hybridized carbons (Fsp3) is 0.500. The predicted octanol–water partition coefficient (Wildman–Crippen LogP) is 1.81. The largest absolute Gasteiger partial charge is 0.366 e. The number of piperidine rings is 1. The third kappa shape index (κ3) is 4.45. The van der Waals surface area contributed by atoms with E-state index in [2.05, 4.69) is 12.2 Å². The molecule has 2 amide bonds. The van der Waals surface area contributed by atoms with Crippen LogP contribution in [0.25, 0.3) is 0 Å². The molecule has 1 aromatic carbocycles. The second-order valence-corrected chi connectivity index (χ2v) is 5.42. The van der Waals surface area contributed by atoms with Gasteiger partial charge in [0.15, 0.2) is 0 Å². The summed E-state index contributed by atoms with van der Waals surface area (Å²) in [6.45, 7) is 4.70. The molecule has 0 bridgehead atoms. The Hall–Kier alpha value is -1.59. The Kier molecular flexibility index (Phi) is 7.35. The van der Waals surface area contributed by atoms with E-state index in [4.69, 9.17) is 5.73 Å². The molecule has 1 aromatic rings. The quantitative estimate of drug-likeness (QED) is 0.867. The van der Waals surface area contributed by atoms with Crippen molar-refractivity contribution in [3.8, 4) is 0 Å². The summed E-state index contributed by atoms with van der Waals surface area (Å²) in [5.74, 6) is -0.514. The number of primary amides is 1. The zero-order valence-electron chi connectivity index (χ0n) is 12.9. The number of benzene rings is 1. The third-order valence-electron chi connectivity index (χ3n) is 3.87. The Balaban J connectivity index is 0.00000242. The standard InChI is InChI=1S/C16H23N3O2.ClH/c1-2-10-19(14-6-8-18-9-7-14)16(21)13-5-3-4-12(11-13)15(17)20;/h3-5,11,14,18H,2,6-10H2,1H3,(H2,17,20);1H. The van der Waals surface area contributed by atoms with E-state index < -0.39 is 5.91 Å². The predicted molar refractivity (Wildman–Crippen MR) is 89.4 cm³/mol. The molecule has 0 unspecified atom stereocenters. The summed E-state index contributed by atoms with van der Waals surface area (Å²) in [5, 5.41) is 3.32. The Bertz CT molecular complexity index is 516. The highest BCUT2D eigenvalue weighted by molar-refractivity contribution is 5.99. The first-order valence-corrected chi connectivity index (χ1v) is 7.55. The molecule has 1 saturated heterocycles. The van der Waals surface area contributed by atoms with Crippen LogP contribution in [0.4, 0.5) is 0 Å². The number of hydrogen-bond acceptors (Lipinski definition) is 3. The van der Waals surface area contributed by atoms with Crippen molar-refractivity contribution in [3.05, 3.63) is 35.4 Å². The molecule has 6 heteroatoms. The highest BCUT2D eigenvalue weighted by Gasteiger charge is 2.25. The van der Waals surface area contributed by atoms with Crippen molar-refractivity contribution in [3.63, 3.8) is 0 Å². The van der Waals surface area contributed by atoms with E-state index in [1.54, 1.807) is 24.3 Å². The molecule has 5 nitrogen and oxygen atoms in total. The number of rotatable bonds is 5. The minimum Gasteiger partial charge on any atom is -0.366 e. The highest BCUT2D eigenvalue weighted by Crippen LogP contribution is 2.17. The molecule has 0 radical (unpaired) electrons. The van der Waals surface area contributed by atoms with Crippen LogP contribution in [0.1, 0.15) is 46.9 Å². The van der Waals surface area contributed by atoms with Crippen molar-refractivity contribution in [2.45, 2.75) is 32.2 Å². The van der Waals surface area contributed by atoms with Crippen molar-refractivity contribution in [1.29, 1.82) is 0 Å². The first-order chi connectivity index (χ1) is 10.1. The molecule has 122 valence electrons. The maximum absolute atomic E-state index is 12.8. The van der Waals surface area contributed by atoms with Gasteiger partial charge >= 0.3 is 0 Å². The Labute approximate surface area is 137 Å². The normalized spacial score (nSPS) is 15.0. The van der Waals surface area contributed by atoms with Gasteiger partial charge in [-0.2, -0.15) is 0 Å². The van der Waals surface area contributed by atoms with Crippen molar-refractivity contribution in [2.75, 3.05) is 19.6 Å². The van der Waals surface area contributed by atoms with Gasteiger partial charge in [-0.05, 0) is 50.6 Å². The van der Waals surface area contributed by atoms with E-state index >= 15 is 0 Å². The molecule has 0 saturated carbocycles. The maximum atomic E-state index is 12.8. The molecule has 2 rings (SSSR count). The smallest absolute Gasteiger partial charge is 0.254 e. The van der Waals surface area contributed by atoms with Gasteiger partial charge in [0.1, 0.15) is 0 Å². The van der Waals surface area contributed by atoms with Crippen LogP contribution < -0.4 is 11.1 Å². The number of hydrogen-bond donors (Lipinski definition) is 2. The summed E-state index contributed by atoms with van der Waals surface area (Å²) >= 11 is 0. The third-order valence-corrected chi connectivity index (χ3v) is 3.87. The lowest BCUT2D eigenvalue weighted by molar-refractivity contribution is 0.0642. The van der Waals surface area contributed by atoms with E-state index in [0.29, 0.717) is 11.1 Å². The zero-order valence-corrected chi connectivity index (χ0v) is 13.7. The molecule has 0 aromatic heterocycles. The van der Waals surface area contributed by atoms with E-state index in [9.17, 15) is 9.59 Å². The van der Waals surface area contributed by atoms with Gasteiger partial charge in [0.25, 0.3) is 5.91 Å². The summed E-state index contributed by atoms with van der Waals surface area (Å²) in [7, 11) is 0.